The summed E-state index contributed by atoms with van der Waals surface area (Å²) in [5.74, 6) is -0.469. The smallest absolute Gasteiger partial charge is 0.422 e. The number of nitrogens with one attached hydrogen (secondary N) is 1. The molecule has 0 unspecified atom stereocenters. The molecule has 232 valence electrons. The SMILES string of the molecule is O=C(NCCCN1CCN(c2ccc(F)cc2OCC(F)(F)F)CC1)c1c(-c2ccccc2)noc1CCc1ccccc1. The Morgan fingerprint density at radius 3 is 2.34 bits per heavy atom. The topological polar surface area (TPSA) is 70.8 Å². The number of hydrogen-bond donors (Lipinski definition) is 1. The van der Waals surface area contributed by atoms with E-state index >= 15 is 0 Å². The number of carbonyl (C=O) groups is 1. The molecule has 0 radical (unpaired) electrons. The van der Waals surface area contributed by atoms with Crippen molar-refractivity contribution in [3.05, 3.63) is 102 Å². The van der Waals surface area contributed by atoms with Gasteiger partial charge in [-0.3, -0.25) is 9.69 Å². The van der Waals surface area contributed by atoms with Crippen molar-refractivity contribution < 1.29 is 31.6 Å². The summed E-state index contributed by atoms with van der Waals surface area (Å²) < 4.78 is 62.4. The van der Waals surface area contributed by atoms with E-state index in [1.165, 1.54) is 12.1 Å². The van der Waals surface area contributed by atoms with Crippen molar-refractivity contribution in [3.63, 3.8) is 0 Å². The maximum Gasteiger partial charge on any atom is 0.422 e. The van der Waals surface area contributed by atoms with Gasteiger partial charge in [0, 0.05) is 50.8 Å². The number of carbonyl (C=O) groups excluding carboxylic acids is 1. The number of nitrogens with zero attached hydrogens (tertiary/aromatic N) is 3. The number of rotatable bonds is 12. The molecule has 0 bridgehead atoms. The first-order chi connectivity index (χ1) is 21.3. The third kappa shape index (κ3) is 8.37. The summed E-state index contributed by atoms with van der Waals surface area (Å²) in [6.45, 7) is 2.12. The van der Waals surface area contributed by atoms with Crippen LogP contribution in [0.15, 0.2) is 83.4 Å². The van der Waals surface area contributed by atoms with Crippen molar-refractivity contribution >= 4 is 11.6 Å². The summed E-state index contributed by atoms with van der Waals surface area (Å²) in [4.78, 5) is 17.5. The summed E-state index contributed by atoms with van der Waals surface area (Å²) >= 11 is 0. The van der Waals surface area contributed by atoms with E-state index in [4.69, 9.17) is 9.26 Å². The molecule has 0 aliphatic carbocycles. The van der Waals surface area contributed by atoms with Crippen LogP contribution in [0.2, 0.25) is 0 Å². The van der Waals surface area contributed by atoms with Crippen LogP contribution in [0, 0.1) is 5.82 Å². The molecule has 11 heteroatoms. The molecule has 1 N–H and O–H groups in total. The second-order valence-corrected chi connectivity index (χ2v) is 10.6. The normalized spacial score (nSPS) is 14.0. The highest BCUT2D eigenvalue weighted by Gasteiger charge is 2.30. The van der Waals surface area contributed by atoms with Crippen LogP contribution in [0.3, 0.4) is 0 Å². The number of anilines is 1. The largest absolute Gasteiger partial charge is 0.482 e. The van der Waals surface area contributed by atoms with Crippen molar-refractivity contribution in [1.29, 1.82) is 0 Å². The molecular weight excluding hydrogens is 576 g/mol. The molecule has 0 atom stereocenters. The molecule has 7 nitrogen and oxygen atoms in total. The van der Waals surface area contributed by atoms with E-state index in [1.54, 1.807) is 0 Å². The second-order valence-electron chi connectivity index (χ2n) is 10.6. The molecule has 1 amide bonds. The van der Waals surface area contributed by atoms with Gasteiger partial charge in [-0.05, 0) is 37.1 Å². The number of amides is 1. The molecule has 0 saturated carbocycles. The predicted octanol–water partition coefficient (Wildman–Crippen LogP) is 6.15. The highest BCUT2D eigenvalue weighted by molar-refractivity contribution is 6.00. The van der Waals surface area contributed by atoms with Crippen LogP contribution in [-0.4, -0.2) is 68.0 Å². The monoisotopic (exact) mass is 610 g/mol. The summed E-state index contributed by atoms with van der Waals surface area (Å²) in [7, 11) is 0. The lowest BCUT2D eigenvalue weighted by atomic mass is 10.0. The standard InChI is InChI=1S/C33H34F4N4O3/c34-26-13-14-27(29(22-26)43-23-33(35,36)37)41-20-18-40(19-21-41)17-7-16-38-32(42)30-28(15-12-24-8-3-1-4-9-24)44-39-31(30)25-10-5-2-6-11-25/h1-6,8-11,13-14,22H,7,12,15-21,23H2,(H,38,42). The van der Waals surface area contributed by atoms with Gasteiger partial charge in [-0.15, -0.1) is 0 Å². The number of aryl methyl sites for hydroxylation is 2. The third-order valence-corrected chi connectivity index (χ3v) is 7.48. The fourth-order valence-corrected chi connectivity index (χ4v) is 5.25. The minimum Gasteiger partial charge on any atom is -0.482 e. The van der Waals surface area contributed by atoms with E-state index in [-0.39, 0.29) is 11.7 Å². The first-order valence-electron chi connectivity index (χ1n) is 14.6. The van der Waals surface area contributed by atoms with Gasteiger partial charge in [0.05, 0.1) is 5.69 Å². The van der Waals surface area contributed by atoms with Crippen LogP contribution in [-0.2, 0) is 12.8 Å². The molecule has 3 aromatic carbocycles. The quantitative estimate of drug-likeness (QED) is 0.153. The fourth-order valence-electron chi connectivity index (χ4n) is 5.25. The van der Waals surface area contributed by atoms with Gasteiger partial charge in [-0.2, -0.15) is 13.2 Å². The highest BCUT2D eigenvalue weighted by atomic mass is 19.4. The zero-order valence-corrected chi connectivity index (χ0v) is 24.2. The fraction of sp³-hybridized carbons (Fsp3) is 0.333. The average Bonchev–Trinajstić information content (AvgIpc) is 3.46. The highest BCUT2D eigenvalue weighted by Crippen LogP contribution is 2.32. The number of hydrogen-bond acceptors (Lipinski definition) is 6. The van der Waals surface area contributed by atoms with Crippen molar-refractivity contribution in [3.8, 4) is 17.0 Å². The van der Waals surface area contributed by atoms with E-state index in [9.17, 15) is 22.4 Å². The molecular formula is C33H34F4N4O3. The number of ether oxygens (including phenoxy) is 1. The summed E-state index contributed by atoms with van der Waals surface area (Å²) in [5.41, 5.74) is 3.35. The zero-order chi connectivity index (χ0) is 30.9. The molecule has 4 aromatic rings. The maximum absolute atomic E-state index is 13.7. The summed E-state index contributed by atoms with van der Waals surface area (Å²) in [5, 5.41) is 7.28. The molecule has 5 rings (SSSR count). The number of piperazine rings is 1. The number of benzene rings is 3. The van der Waals surface area contributed by atoms with E-state index < -0.39 is 18.6 Å². The molecule has 1 aromatic heterocycles. The van der Waals surface area contributed by atoms with E-state index in [0.717, 1.165) is 23.7 Å². The molecule has 1 fully saturated rings. The molecule has 0 spiro atoms. The van der Waals surface area contributed by atoms with E-state index in [0.29, 0.717) is 74.7 Å². The number of aromatic nitrogens is 1. The van der Waals surface area contributed by atoms with Crippen molar-refractivity contribution in [1.82, 2.24) is 15.4 Å². The van der Waals surface area contributed by atoms with Gasteiger partial charge in [0.2, 0.25) is 0 Å². The molecule has 1 aliphatic heterocycles. The number of alkyl halides is 3. The minimum atomic E-state index is -4.52. The van der Waals surface area contributed by atoms with Gasteiger partial charge in [0.25, 0.3) is 5.91 Å². The van der Waals surface area contributed by atoms with Crippen LogP contribution in [0.1, 0.15) is 28.1 Å². The van der Waals surface area contributed by atoms with Crippen molar-refractivity contribution in [2.45, 2.75) is 25.4 Å². The summed E-state index contributed by atoms with van der Waals surface area (Å²) in [6, 6.07) is 23.1. The Morgan fingerprint density at radius 1 is 0.932 bits per heavy atom. The first-order valence-corrected chi connectivity index (χ1v) is 14.6. The number of halogens is 4. The Balaban J connectivity index is 1.14. The molecule has 44 heavy (non-hydrogen) atoms. The minimum absolute atomic E-state index is 0.120. The average molecular weight is 611 g/mol. The van der Waals surface area contributed by atoms with Crippen LogP contribution in [0.25, 0.3) is 11.3 Å². The summed E-state index contributed by atoms with van der Waals surface area (Å²) in [6.07, 6.45) is -2.56. The lowest BCUT2D eigenvalue weighted by Crippen LogP contribution is -2.47. The lowest BCUT2D eigenvalue weighted by molar-refractivity contribution is -0.153. The van der Waals surface area contributed by atoms with Gasteiger partial charge < -0.3 is 19.5 Å². The van der Waals surface area contributed by atoms with Crippen LogP contribution < -0.4 is 15.0 Å². The molecule has 2 heterocycles. The van der Waals surface area contributed by atoms with Crippen LogP contribution in [0.4, 0.5) is 23.2 Å². The first kappa shape index (κ1) is 31.1. The lowest BCUT2D eigenvalue weighted by Gasteiger charge is -2.36. The van der Waals surface area contributed by atoms with Gasteiger partial charge in [-0.25, -0.2) is 4.39 Å². The van der Waals surface area contributed by atoms with Crippen LogP contribution >= 0.6 is 0 Å². The Hall–Kier alpha value is -4.38. The zero-order valence-electron chi connectivity index (χ0n) is 24.2. The molecule has 1 saturated heterocycles. The Bertz CT molecular complexity index is 1500. The van der Waals surface area contributed by atoms with Crippen molar-refractivity contribution in [2.24, 2.45) is 0 Å². The Morgan fingerprint density at radius 2 is 1.64 bits per heavy atom. The Labute approximate surface area is 253 Å². The van der Waals surface area contributed by atoms with Gasteiger partial charge in [0.15, 0.2) is 6.61 Å². The molecule has 1 aliphatic rings. The van der Waals surface area contributed by atoms with Gasteiger partial charge in [0.1, 0.15) is 28.6 Å². The van der Waals surface area contributed by atoms with E-state index in [1.807, 2.05) is 65.6 Å². The van der Waals surface area contributed by atoms with Crippen molar-refractivity contribution in [2.75, 3.05) is 50.8 Å². The Kier molecular flexibility index (Phi) is 10.2. The predicted molar refractivity (Wildman–Crippen MR) is 159 cm³/mol. The van der Waals surface area contributed by atoms with Gasteiger partial charge >= 0.3 is 6.18 Å². The third-order valence-electron chi connectivity index (χ3n) is 7.48. The van der Waals surface area contributed by atoms with Gasteiger partial charge in [-0.1, -0.05) is 65.8 Å². The second kappa shape index (κ2) is 14.4. The van der Waals surface area contributed by atoms with E-state index in [2.05, 4.69) is 15.4 Å². The van der Waals surface area contributed by atoms with Crippen LogP contribution in [0.5, 0.6) is 5.75 Å². The maximum atomic E-state index is 13.7.